The quantitative estimate of drug-likeness (QED) is 0.931. The minimum absolute atomic E-state index is 0.00113. The van der Waals surface area contributed by atoms with E-state index in [-0.39, 0.29) is 24.1 Å². The summed E-state index contributed by atoms with van der Waals surface area (Å²) >= 11 is 11.8. The maximum absolute atomic E-state index is 5.88. The molecule has 2 N–H and O–H groups in total. The first kappa shape index (κ1) is 14.6. The highest BCUT2D eigenvalue weighted by atomic mass is 35.5. The Morgan fingerprint density at radius 1 is 1.00 bits per heavy atom. The summed E-state index contributed by atoms with van der Waals surface area (Å²) in [5, 5.41) is 0.876. The van der Waals surface area contributed by atoms with Gasteiger partial charge in [0.2, 0.25) is 5.95 Å². The van der Waals surface area contributed by atoms with Gasteiger partial charge < -0.3 is 15.2 Å². The molecule has 1 aromatic heterocycles. The lowest BCUT2D eigenvalue weighted by atomic mass is 10.3. The average Bonchev–Trinajstić information content (AvgIpc) is 2.24. The van der Waals surface area contributed by atoms with E-state index < -0.39 is 0 Å². The van der Waals surface area contributed by atoms with Crippen LogP contribution in [0.3, 0.4) is 0 Å². The number of hydrogen-bond acceptors (Lipinski definition) is 6. The predicted molar refractivity (Wildman–Crippen MR) is 76.5 cm³/mol. The zero-order valence-electron chi connectivity index (χ0n) is 10.8. The van der Waals surface area contributed by atoms with Gasteiger partial charge in [0.15, 0.2) is 0 Å². The molecule has 1 heterocycles. The average molecular weight is 315 g/mol. The van der Waals surface area contributed by atoms with Gasteiger partial charge >= 0.3 is 12.0 Å². The van der Waals surface area contributed by atoms with Crippen LogP contribution in [0.2, 0.25) is 10.0 Å². The molecule has 0 aliphatic rings. The number of hydrogen-bond donors (Lipinski definition) is 1. The molecule has 0 unspecified atom stereocenters. The third-order valence-electron chi connectivity index (χ3n) is 2.00. The van der Waals surface area contributed by atoms with Gasteiger partial charge in [-0.15, -0.1) is 4.98 Å². The van der Waals surface area contributed by atoms with Gasteiger partial charge in [-0.2, -0.15) is 9.97 Å². The minimum atomic E-state index is -0.0923. The smallest absolute Gasteiger partial charge is 0.330 e. The summed E-state index contributed by atoms with van der Waals surface area (Å²) in [4.78, 5) is 11.7. The van der Waals surface area contributed by atoms with Gasteiger partial charge in [0.25, 0.3) is 0 Å². The summed E-state index contributed by atoms with van der Waals surface area (Å²) in [6.07, 6.45) is -0.0923. The van der Waals surface area contributed by atoms with E-state index in [9.17, 15) is 0 Å². The van der Waals surface area contributed by atoms with Crippen molar-refractivity contribution in [3.63, 3.8) is 0 Å². The molecule has 20 heavy (non-hydrogen) atoms. The van der Waals surface area contributed by atoms with Crippen molar-refractivity contribution < 1.29 is 9.47 Å². The second-order valence-electron chi connectivity index (χ2n) is 4.13. The van der Waals surface area contributed by atoms with Crippen molar-refractivity contribution in [2.75, 3.05) is 5.73 Å². The van der Waals surface area contributed by atoms with Crippen molar-refractivity contribution in [3.8, 4) is 17.8 Å². The summed E-state index contributed by atoms with van der Waals surface area (Å²) in [6, 6.07) is 4.85. The Kier molecular flexibility index (Phi) is 4.46. The molecule has 2 rings (SSSR count). The maximum Gasteiger partial charge on any atom is 0.330 e. The fourth-order valence-corrected chi connectivity index (χ4v) is 1.86. The van der Waals surface area contributed by atoms with E-state index in [0.717, 1.165) is 0 Å². The van der Waals surface area contributed by atoms with Crippen LogP contribution in [-0.2, 0) is 0 Å². The number of aromatic nitrogens is 3. The zero-order valence-corrected chi connectivity index (χ0v) is 12.3. The van der Waals surface area contributed by atoms with E-state index in [4.69, 9.17) is 38.4 Å². The Balaban J connectivity index is 2.26. The van der Waals surface area contributed by atoms with E-state index in [1.165, 1.54) is 0 Å². The normalized spacial score (nSPS) is 10.7. The van der Waals surface area contributed by atoms with Gasteiger partial charge in [-0.05, 0) is 32.0 Å². The highest BCUT2D eigenvalue weighted by molar-refractivity contribution is 6.34. The van der Waals surface area contributed by atoms with Gasteiger partial charge in [0.1, 0.15) is 5.75 Å². The number of anilines is 1. The first-order valence-electron chi connectivity index (χ1n) is 5.74. The van der Waals surface area contributed by atoms with Crippen molar-refractivity contribution in [3.05, 3.63) is 28.2 Å². The monoisotopic (exact) mass is 314 g/mol. The molecule has 0 aliphatic heterocycles. The van der Waals surface area contributed by atoms with E-state index >= 15 is 0 Å². The van der Waals surface area contributed by atoms with Crippen molar-refractivity contribution in [2.45, 2.75) is 20.0 Å². The molecule has 0 aliphatic carbocycles. The van der Waals surface area contributed by atoms with Gasteiger partial charge in [0, 0.05) is 10.0 Å². The molecule has 0 bridgehead atoms. The second-order valence-corrected chi connectivity index (χ2v) is 5.01. The van der Waals surface area contributed by atoms with E-state index in [1.807, 2.05) is 13.8 Å². The van der Waals surface area contributed by atoms with E-state index in [2.05, 4.69) is 15.0 Å². The highest BCUT2D eigenvalue weighted by Gasteiger charge is 2.10. The summed E-state index contributed by atoms with van der Waals surface area (Å²) in [5.41, 5.74) is 5.57. The van der Waals surface area contributed by atoms with Gasteiger partial charge in [0.05, 0.1) is 6.10 Å². The molecule has 0 saturated carbocycles. The molecule has 0 atom stereocenters. The largest absolute Gasteiger partial charge is 0.461 e. The lowest BCUT2D eigenvalue weighted by Gasteiger charge is -2.09. The van der Waals surface area contributed by atoms with Crippen LogP contribution in [0.15, 0.2) is 18.2 Å². The van der Waals surface area contributed by atoms with Crippen LogP contribution in [0.25, 0.3) is 0 Å². The number of halogens is 2. The molecule has 0 spiro atoms. The third-order valence-corrected chi connectivity index (χ3v) is 2.43. The van der Waals surface area contributed by atoms with Crippen LogP contribution in [0.4, 0.5) is 5.95 Å². The molecule has 0 radical (unpaired) electrons. The van der Waals surface area contributed by atoms with Crippen LogP contribution in [0.1, 0.15) is 13.8 Å². The molecule has 6 nitrogen and oxygen atoms in total. The molecular formula is C12H12Cl2N4O2. The molecule has 1 aromatic carbocycles. The highest BCUT2D eigenvalue weighted by Crippen LogP contribution is 2.27. The predicted octanol–water partition coefficient (Wildman–Crippen LogP) is 3.34. The summed E-state index contributed by atoms with van der Waals surface area (Å²) < 4.78 is 10.8. The molecule has 0 fully saturated rings. The van der Waals surface area contributed by atoms with Crippen LogP contribution >= 0.6 is 23.2 Å². The van der Waals surface area contributed by atoms with Crippen LogP contribution in [0, 0.1) is 0 Å². The van der Waals surface area contributed by atoms with E-state index in [1.54, 1.807) is 18.2 Å². The van der Waals surface area contributed by atoms with Crippen molar-refractivity contribution in [2.24, 2.45) is 0 Å². The number of benzene rings is 1. The number of ether oxygens (including phenoxy) is 2. The van der Waals surface area contributed by atoms with Crippen LogP contribution in [-0.4, -0.2) is 21.1 Å². The lowest BCUT2D eigenvalue weighted by molar-refractivity contribution is 0.219. The molecule has 2 aromatic rings. The number of nitrogens with two attached hydrogens (primary N) is 1. The Morgan fingerprint density at radius 2 is 1.60 bits per heavy atom. The molecule has 8 heteroatoms. The number of nitrogen functional groups attached to an aromatic ring is 1. The Bertz CT molecular complexity index is 602. The number of rotatable bonds is 4. The lowest BCUT2D eigenvalue weighted by Crippen LogP contribution is -2.11. The van der Waals surface area contributed by atoms with Crippen molar-refractivity contribution >= 4 is 29.2 Å². The molecule has 0 amide bonds. The Morgan fingerprint density at radius 3 is 2.20 bits per heavy atom. The van der Waals surface area contributed by atoms with Gasteiger partial charge in [-0.3, -0.25) is 0 Å². The minimum Gasteiger partial charge on any atom is -0.461 e. The molecule has 0 saturated heterocycles. The number of nitrogens with zero attached hydrogens (tertiary/aromatic N) is 3. The maximum atomic E-state index is 5.88. The fourth-order valence-electron chi connectivity index (χ4n) is 1.35. The van der Waals surface area contributed by atoms with Gasteiger partial charge in [-0.25, -0.2) is 0 Å². The SMILES string of the molecule is CC(C)Oc1nc(N)nc(Oc2cc(Cl)cc(Cl)c2)n1. The van der Waals surface area contributed by atoms with Crippen LogP contribution in [0.5, 0.6) is 17.8 Å². The van der Waals surface area contributed by atoms with Gasteiger partial charge in [-0.1, -0.05) is 23.2 Å². The summed E-state index contributed by atoms with van der Waals surface area (Å²) in [7, 11) is 0. The van der Waals surface area contributed by atoms with Crippen LogP contribution < -0.4 is 15.2 Å². The summed E-state index contributed by atoms with van der Waals surface area (Å²) in [5.74, 6) is 0.391. The van der Waals surface area contributed by atoms with Crippen molar-refractivity contribution in [1.29, 1.82) is 0 Å². The Labute approximate surface area is 125 Å². The summed E-state index contributed by atoms with van der Waals surface area (Å²) in [6.45, 7) is 3.69. The molecular weight excluding hydrogens is 303 g/mol. The third kappa shape index (κ3) is 4.11. The second kappa shape index (κ2) is 6.11. The van der Waals surface area contributed by atoms with E-state index in [0.29, 0.717) is 15.8 Å². The fraction of sp³-hybridized carbons (Fsp3) is 0.250. The molecule has 106 valence electrons. The standard InChI is InChI=1S/C12H12Cl2N4O2/c1-6(2)19-11-16-10(15)17-12(18-11)20-9-4-7(13)3-8(14)5-9/h3-6H,1-2H3,(H2,15,16,17,18). The first-order valence-corrected chi connectivity index (χ1v) is 6.50. The Hall–Kier alpha value is -1.79. The zero-order chi connectivity index (χ0) is 14.7. The topological polar surface area (TPSA) is 83.2 Å². The van der Waals surface area contributed by atoms with Crippen molar-refractivity contribution in [1.82, 2.24) is 15.0 Å². The first-order chi connectivity index (χ1) is 9.42.